The van der Waals surface area contributed by atoms with E-state index >= 15 is 0 Å². The lowest BCUT2D eigenvalue weighted by atomic mass is 10.1. The van der Waals surface area contributed by atoms with Gasteiger partial charge in [0.1, 0.15) is 11.9 Å². The number of halogens is 1. The average Bonchev–Trinajstić information content (AvgIpc) is 2.38. The summed E-state index contributed by atoms with van der Waals surface area (Å²) in [6.07, 6.45) is 1.85. The van der Waals surface area contributed by atoms with Crippen LogP contribution in [0.15, 0.2) is 18.2 Å². The zero-order valence-electron chi connectivity index (χ0n) is 10.8. The summed E-state index contributed by atoms with van der Waals surface area (Å²) >= 11 is 0. The number of carbonyl (C=O) groups excluding carboxylic acids is 2. The summed E-state index contributed by atoms with van der Waals surface area (Å²) < 4.78 is 18.5. The predicted molar refractivity (Wildman–Crippen MR) is 67.2 cm³/mol. The molecule has 0 spiro atoms. The van der Waals surface area contributed by atoms with E-state index in [0.717, 1.165) is 6.41 Å². The topological polar surface area (TPSA) is 46.6 Å². The normalized spacial score (nSPS) is 16.2. The number of amides is 1. The zero-order valence-corrected chi connectivity index (χ0v) is 10.8. The first-order valence-electron chi connectivity index (χ1n) is 6.26. The maximum atomic E-state index is 13.2. The summed E-state index contributed by atoms with van der Waals surface area (Å²) in [6.45, 7) is 2.90. The first-order valence-corrected chi connectivity index (χ1v) is 6.26. The summed E-state index contributed by atoms with van der Waals surface area (Å²) in [4.78, 5) is 24.1. The van der Waals surface area contributed by atoms with Crippen molar-refractivity contribution in [3.8, 4) is 0 Å². The molecule has 0 atom stereocenters. The number of ether oxygens (including phenoxy) is 1. The van der Waals surface area contributed by atoms with Gasteiger partial charge in [-0.15, -0.1) is 0 Å². The van der Waals surface area contributed by atoms with Crippen LogP contribution in [0.3, 0.4) is 0 Å². The van der Waals surface area contributed by atoms with Crippen molar-refractivity contribution in [2.24, 2.45) is 0 Å². The number of aryl methyl sites for hydroxylation is 1. The van der Waals surface area contributed by atoms with Crippen molar-refractivity contribution in [1.82, 2.24) is 4.90 Å². The molecule has 0 unspecified atom stereocenters. The molecule has 19 heavy (non-hydrogen) atoms. The maximum Gasteiger partial charge on any atom is 0.338 e. The lowest BCUT2D eigenvalue weighted by molar-refractivity contribution is -0.120. The third-order valence-electron chi connectivity index (χ3n) is 3.18. The van der Waals surface area contributed by atoms with Crippen LogP contribution >= 0.6 is 0 Å². The molecule has 1 aliphatic heterocycles. The molecule has 0 saturated carbocycles. The first-order chi connectivity index (χ1) is 9.08. The molecule has 1 aromatic carbocycles. The minimum absolute atomic E-state index is 0.202. The highest BCUT2D eigenvalue weighted by Crippen LogP contribution is 2.16. The number of nitrogens with zero attached hydrogens (tertiary/aromatic N) is 1. The lowest BCUT2D eigenvalue weighted by Crippen LogP contribution is -2.36. The number of hydrogen-bond donors (Lipinski definition) is 0. The second-order valence-electron chi connectivity index (χ2n) is 4.76. The minimum atomic E-state index is -0.507. The van der Waals surface area contributed by atoms with Crippen molar-refractivity contribution in [2.45, 2.75) is 25.9 Å². The van der Waals surface area contributed by atoms with E-state index in [1.165, 1.54) is 12.1 Å². The fourth-order valence-electron chi connectivity index (χ4n) is 2.17. The molecule has 4 nitrogen and oxygen atoms in total. The van der Waals surface area contributed by atoms with Crippen molar-refractivity contribution in [2.75, 3.05) is 13.1 Å². The SMILES string of the molecule is Cc1cc(F)cc(C(=O)OC2CCN(C=O)CC2)c1. The largest absolute Gasteiger partial charge is 0.459 e. The summed E-state index contributed by atoms with van der Waals surface area (Å²) in [7, 11) is 0. The molecule has 1 aliphatic rings. The number of carbonyl (C=O) groups is 2. The average molecular weight is 265 g/mol. The Morgan fingerprint density at radius 2 is 2.05 bits per heavy atom. The maximum absolute atomic E-state index is 13.2. The lowest BCUT2D eigenvalue weighted by Gasteiger charge is -2.28. The van der Waals surface area contributed by atoms with Gasteiger partial charge >= 0.3 is 5.97 Å². The predicted octanol–water partition coefficient (Wildman–Crippen LogP) is 1.91. The van der Waals surface area contributed by atoms with Crippen LogP contribution in [0.2, 0.25) is 0 Å². The highest BCUT2D eigenvalue weighted by molar-refractivity contribution is 5.89. The van der Waals surface area contributed by atoms with Gasteiger partial charge in [-0.05, 0) is 30.7 Å². The van der Waals surface area contributed by atoms with Gasteiger partial charge in [0, 0.05) is 25.9 Å². The molecule has 2 rings (SSSR count). The van der Waals surface area contributed by atoms with Gasteiger partial charge in [0.05, 0.1) is 5.56 Å². The van der Waals surface area contributed by atoms with E-state index in [1.807, 2.05) is 0 Å². The molecule has 1 amide bonds. The third kappa shape index (κ3) is 3.53. The quantitative estimate of drug-likeness (QED) is 0.619. The molecule has 5 heteroatoms. The van der Waals surface area contributed by atoms with Crippen LogP contribution in [0.25, 0.3) is 0 Å². The van der Waals surface area contributed by atoms with Crippen molar-refractivity contribution in [1.29, 1.82) is 0 Å². The highest BCUT2D eigenvalue weighted by Gasteiger charge is 2.22. The number of rotatable bonds is 3. The molecule has 0 aliphatic carbocycles. The molecule has 1 fully saturated rings. The zero-order chi connectivity index (χ0) is 13.8. The smallest absolute Gasteiger partial charge is 0.338 e. The molecule has 1 saturated heterocycles. The fourth-order valence-corrected chi connectivity index (χ4v) is 2.17. The van der Waals surface area contributed by atoms with Crippen LogP contribution in [0.1, 0.15) is 28.8 Å². The molecular formula is C14H16FNO3. The van der Waals surface area contributed by atoms with Gasteiger partial charge in [0.25, 0.3) is 0 Å². The second-order valence-corrected chi connectivity index (χ2v) is 4.76. The molecule has 0 N–H and O–H groups in total. The summed E-state index contributed by atoms with van der Waals surface area (Å²) in [5.41, 5.74) is 0.915. The fraction of sp³-hybridized carbons (Fsp3) is 0.429. The van der Waals surface area contributed by atoms with Crippen molar-refractivity contribution >= 4 is 12.4 Å². The van der Waals surface area contributed by atoms with E-state index in [4.69, 9.17) is 4.74 Å². The number of benzene rings is 1. The minimum Gasteiger partial charge on any atom is -0.459 e. The van der Waals surface area contributed by atoms with Gasteiger partial charge in [0.15, 0.2) is 0 Å². The Kier molecular flexibility index (Phi) is 4.14. The second kappa shape index (κ2) is 5.82. The number of likely N-dealkylation sites (tertiary alicyclic amines) is 1. The van der Waals surface area contributed by atoms with Crippen LogP contribution in [0.5, 0.6) is 0 Å². The van der Waals surface area contributed by atoms with Gasteiger partial charge in [-0.1, -0.05) is 0 Å². The monoisotopic (exact) mass is 265 g/mol. The van der Waals surface area contributed by atoms with Crippen molar-refractivity contribution in [3.05, 3.63) is 35.1 Å². The van der Waals surface area contributed by atoms with E-state index < -0.39 is 11.8 Å². The first kappa shape index (κ1) is 13.5. The Labute approximate surface area is 111 Å². The number of hydrogen-bond acceptors (Lipinski definition) is 3. The summed E-state index contributed by atoms with van der Waals surface area (Å²) in [5, 5.41) is 0. The van der Waals surface area contributed by atoms with Gasteiger partial charge in [0.2, 0.25) is 6.41 Å². The Morgan fingerprint density at radius 3 is 2.63 bits per heavy atom. The van der Waals surface area contributed by atoms with Crippen LogP contribution < -0.4 is 0 Å². The summed E-state index contributed by atoms with van der Waals surface area (Å²) in [6, 6.07) is 4.14. The van der Waals surface area contributed by atoms with E-state index in [-0.39, 0.29) is 11.7 Å². The molecule has 0 aromatic heterocycles. The van der Waals surface area contributed by atoms with Gasteiger partial charge in [-0.25, -0.2) is 9.18 Å². The molecule has 1 aromatic rings. The molecule has 1 heterocycles. The highest BCUT2D eigenvalue weighted by atomic mass is 19.1. The van der Waals surface area contributed by atoms with Gasteiger partial charge in [-0.2, -0.15) is 0 Å². The van der Waals surface area contributed by atoms with E-state index in [0.29, 0.717) is 31.5 Å². The van der Waals surface area contributed by atoms with E-state index in [1.54, 1.807) is 17.9 Å². The molecule has 0 radical (unpaired) electrons. The van der Waals surface area contributed by atoms with E-state index in [2.05, 4.69) is 0 Å². The van der Waals surface area contributed by atoms with Gasteiger partial charge < -0.3 is 9.64 Å². The number of esters is 1. The van der Waals surface area contributed by atoms with Crippen LogP contribution in [-0.4, -0.2) is 36.5 Å². The van der Waals surface area contributed by atoms with Crippen molar-refractivity contribution < 1.29 is 18.7 Å². The van der Waals surface area contributed by atoms with Crippen LogP contribution in [0, 0.1) is 12.7 Å². The van der Waals surface area contributed by atoms with Gasteiger partial charge in [-0.3, -0.25) is 4.79 Å². The van der Waals surface area contributed by atoms with Crippen LogP contribution in [-0.2, 0) is 9.53 Å². The van der Waals surface area contributed by atoms with E-state index in [9.17, 15) is 14.0 Å². The standard InChI is InChI=1S/C14H16FNO3/c1-10-6-11(8-12(15)7-10)14(18)19-13-2-4-16(9-17)5-3-13/h6-9,13H,2-5H2,1H3. The third-order valence-corrected chi connectivity index (χ3v) is 3.18. The number of piperidine rings is 1. The Morgan fingerprint density at radius 1 is 1.37 bits per heavy atom. The Hall–Kier alpha value is -1.91. The Bertz CT molecular complexity index is 461. The summed E-state index contributed by atoms with van der Waals surface area (Å²) in [5.74, 6) is -0.949. The molecule has 102 valence electrons. The molecular weight excluding hydrogens is 249 g/mol. The van der Waals surface area contributed by atoms with Crippen LogP contribution in [0.4, 0.5) is 4.39 Å². The Balaban J connectivity index is 1.96. The molecule has 0 bridgehead atoms. The van der Waals surface area contributed by atoms with Crippen molar-refractivity contribution in [3.63, 3.8) is 0 Å².